The summed E-state index contributed by atoms with van der Waals surface area (Å²) in [5, 5.41) is 16.4. The zero-order valence-electron chi connectivity index (χ0n) is 20.6. The minimum Gasteiger partial charge on any atom is -0.465 e. The Balaban J connectivity index is 1.58. The first kappa shape index (κ1) is 26.2. The number of amides is 3. The van der Waals surface area contributed by atoms with Crippen LogP contribution in [0, 0.1) is 0 Å². The number of halogens is 1. The standard InChI is InChI=1S/C26H28ClN5O5/c1-3-37-24(34)13-28-26(36)30-15-18-6-4-5-7-23(18)31(14-17(30)2)25(35)21-9-8-20(12-22(21)27)32-11-10-19(16-33)29-32/h4-12,17,33H,3,13-16H2,1-2H3,(H,28,36)/t17-/m1/s1. The molecule has 194 valence electrons. The first-order valence-corrected chi connectivity index (χ1v) is 12.2. The second-order valence-corrected chi connectivity index (χ2v) is 8.97. The van der Waals surface area contributed by atoms with Crippen LogP contribution in [0.2, 0.25) is 5.02 Å². The molecule has 2 heterocycles. The fraction of sp³-hybridized carbons (Fsp3) is 0.308. The van der Waals surface area contributed by atoms with E-state index in [9.17, 15) is 19.5 Å². The summed E-state index contributed by atoms with van der Waals surface area (Å²) in [6, 6.07) is 13.3. The Morgan fingerprint density at radius 3 is 2.68 bits per heavy atom. The summed E-state index contributed by atoms with van der Waals surface area (Å²) in [6.07, 6.45) is 1.70. The smallest absolute Gasteiger partial charge is 0.325 e. The average Bonchev–Trinajstić information content (AvgIpc) is 3.32. The first-order chi connectivity index (χ1) is 17.8. The van der Waals surface area contributed by atoms with Crippen LogP contribution in [0.1, 0.15) is 35.5 Å². The molecule has 0 bridgehead atoms. The number of benzene rings is 2. The molecule has 1 atom stereocenters. The normalized spacial score (nSPS) is 15.1. The number of hydrogen-bond acceptors (Lipinski definition) is 6. The number of esters is 1. The molecule has 0 radical (unpaired) electrons. The molecule has 1 aliphatic heterocycles. The lowest BCUT2D eigenvalue weighted by Crippen LogP contribution is -2.49. The van der Waals surface area contributed by atoms with E-state index in [1.807, 2.05) is 31.2 Å². The second-order valence-electron chi connectivity index (χ2n) is 8.56. The zero-order chi connectivity index (χ0) is 26.5. The molecule has 0 saturated heterocycles. The van der Waals surface area contributed by atoms with Crippen LogP contribution in [0.3, 0.4) is 0 Å². The van der Waals surface area contributed by atoms with Crippen molar-refractivity contribution in [3.05, 3.63) is 76.6 Å². The quantitative estimate of drug-likeness (QED) is 0.477. The molecule has 0 saturated carbocycles. The molecule has 3 amide bonds. The van der Waals surface area contributed by atoms with E-state index >= 15 is 0 Å². The molecule has 0 fully saturated rings. The van der Waals surface area contributed by atoms with Gasteiger partial charge in [0.1, 0.15) is 6.54 Å². The number of para-hydroxylation sites is 1. The van der Waals surface area contributed by atoms with Gasteiger partial charge in [0.05, 0.1) is 35.2 Å². The average molecular weight is 526 g/mol. The number of aromatic nitrogens is 2. The van der Waals surface area contributed by atoms with Crippen molar-refractivity contribution in [3.8, 4) is 5.69 Å². The molecular formula is C26H28ClN5O5. The Hall–Kier alpha value is -3.89. The summed E-state index contributed by atoms with van der Waals surface area (Å²) >= 11 is 6.56. The van der Waals surface area contributed by atoms with Crippen LogP contribution >= 0.6 is 11.6 Å². The Labute approximate surface area is 219 Å². The number of ether oxygens (including phenoxy) is 1. The van der Waals surface area contributed by atoms with Crippen LogP contribution in [0.5, 0.6) is 0 Å². The molecule has 2 aromatic carbocycles. The van der Waals surface area contributed by atoms with Gasteiger partial charge in [0.2, 0.25) is 0 Å². The van der Waals surface area contributed by atoms with Gasteiger partial charge in [-0.25, -0.2) is 9.48 Å². The van der Waals surface area contributed by atoms with Gasteiger partial charge in [-0.15, -0.1) is 0 Å². The highest BCUT2D eigenvalue weighted by molar-refractivity contribution is 6.34. The Kier molecular flexibility index (Phi) is 8.10. The van der Waals surface area contributed by atoms with Gasteiger partial charge in [0.25, 0.3) is 5.91 Å². The van der Waals surface area contributed by atoms with Crippen molar-refractivity contribution < 1.29 is 24.2 Å². The van der Waals surface area contributed by atoms with Crippen molar-refractivity contribution in [3.63, 3.8) is 0 Å². The van der Waals surface area contributed by atoms with Crippen LogP contribution in [0.25, 0.3) is 5.69 Å². The van der Waals surface area contributed by atoms with Crippen molar-refractivity contribution in [1.29, 1.82) is 0 Å². The zero-order valence-corrected chi connectivity index (χ0v) is 21.3. The lowest BCUT2D eigenvalue weighted by Gasteiger charge is -2.29. The van der Waals surface area contributed by atoms with E-state index in [4.69, 9.17) is 16.3 Å². The number of hydrogen-bond donors (Lipinski definition) is 2. The maximum Gasteiger partial charge on any atom is 0.325 e. The predicted octanol–water partition coefficient (Wildman–Crippen LogP) is 3.14. The van der Waals surface area contributed by atoms with E-state index in [0.29, 0.717) is 22.6 Å². The van der Waals surface area contributed by atoms with Gasteiger partial charge in [-0.3, -0.25) is 9.59 Å². The van der Waals surface area contributed by atoms with Crippen LogP contribution in [-0.4, -0.2) is 63.4 Å². The fourth-order valence-corrected chi connectivity index (χ4v) is 4.44. The van der Waals surface area contributed by atoms with E-state index in [2.05, 4.69) is 10.4 Å². The SMILES string of the molecule is CCOC(=O)CNC(=O)N1Cc2ccccc2N(C(=O)c2ccc(-n3ccc(CO)n3)cc2Cl)C[C@H]1C. The minimum atomic E-state index is -0.517. The van der Waals surface area contributed by atoms with Gasteiger partial charge in [0, 0.05) is 31.0 Å². The van der Waals surface area contributed by atoms with Crippen molar-refractivity contribution in [1.82, 2.24) is 20.0 Å². The van der Waals surface area contributed by atoms with Crippen LogP contribution in [-0.2, 0) is 22.7 Å². The Morgan fingerprint density at radius 1 is 1.19 bits per heavy atom. The molecule has 0 spiro atoms. The first-order valence-electron chi connectivity index (χ1n) is 11.9. The highest BCUT2D eigenvalue weighted by Gasteiger charge is 2.32. The summed E-state index contributed by atoms with van der Waals surface area (Å²) in [6.45, 7) is 3.84. The number of aliphatic hydroxyl groups excluding tert-OH is 1. The Morgan fingerprint density at radius 2 is 1.97 bits per heavy atom. The number of rotatable bonds is 6. The number of aliphatic hydroxyl groups is 1. The monoisotopic (exact) mass is 525 g/mol. The minimum absolute atomic E-state index is 0.179. The number of nitrogens with zero attached hydrogens (tertiary/aromatic N) is 4. The molecular weight excluding hydrogens is 498 g/mol. The molecule has 0 unspecified atom stereocenters. The summed E-state index contributed by atoms with van der Waals surface area (Å²) in [4.78, 5) is 41.6. The molecule has 3 aromatic rings. The molecule has 1 aliphatic rings. The third-order valence-corrected chi connectivity index (χ3v) is 6.36. The molecule has 1 aromatic heterocycles. The van der Waals surface area contributed by atoms with E-state index < -0.39 is 12.0 Å². The third-order valence-electron chi connectivity index (χ3n) is 6.05. The largest absolute Gasteiger partial charge is 0.465 e. The maximum atomic E-state index is 13.7. The van der Waals surface area contributed by atoms with E-state index in [-0.39, 0.29) is 49.8 Å². The molecule has 4 rings (SSSR count). The van der Waals surface area contributed by atoms with Gasteiger partial charge in [-0.05, 0) is 49.7 Å². The predicted molar refractivity (Wildman–Crippen MR) is 138 cm³/mol. The van der Waals surface area contributed by atoms with Crippen LogP contribution in [0.4, 0.5) is 10.5 Å². The van der Waals surface area contributed by atoms with Gasteiger partial charge in [-0.2, -0.15) is 5.10 Å². The number of carbonyl (C=O) groups excluding carboxylic acids is 3. The Bertz CT molecular complexity index is 1310. The lowest BCUT2D eigenvalue weighted by molar-refractivity contribution is -0.141. The number of nitrogens with one attached hydrogen (secondary N) is 1. The molecule has 10 nitrogen and oxygen atoms in total. The van der Waals surface area contributed by atoms with Crippen molar-refractivity contribution in [2.24, 2.45) is 0 Å². The fourth-order valence-electron chi connectivity index (χ4n) is 4.19. The summed E-state index contributed by atoms with van der Waals surface area (Å²) in [7, 11) is 0. The highest BCUT2D eigenvalue weighted by Crippen LogP contribution is 2.30. The van der Waals surface area contributed by atoms with Crippen molar-refractivity contribution in [2.75, 3.05) is 24.6 Å². The summed E-state index contributed by atoms with van der Waals surface area (Å²) < 4.78 is 6.46. The number of carbonyl (C=O) groups is 3. The second kappa shape index (κ2) is 11.4. The van der Waals surface area contributed by atoms with Gasteiger partial charge >= 0.3 is 12.0 Å². The van der Waals surface area contributed by atoms with Crippen LogP contribution < -0.4 is 10.2 Å². The van der Waals surface area contributed by atoms with E-state index in [0.717, 1.165) is 5.56 Å². The number of fused-ring (bicyclic) bond motifs is 1. The van der Waals surface area contributed by atoms with Gasteiger partial charge in [-0.1, -0.05) is 29.8 Å². The molecule has 37 heavy (non-hydrogen) atoms. The van der Waals surface area contributed by atoms with Crippen LogP contribution in [0.15, 0.2) is 54.7 Å². The maximum absolute atomic E-state index is 13.7. The molecule has 0 aliphatic carbocycles. The third kappa shape index (κ3) is 5.76. The van der Waals surface area contributed by atoms with Gasteiger partial charge < -0.3 is 25.0 Å². The van der Waals surface area contributed by atoms with E-state index in [1.165, 1.54) is 0 Å². The summed E-state index contributed by atoms with van der Waals surface area (Å²) in [5.41, 5.74) is 2.94. The molecule has 11 heteroatoms. The summed E-state index contributed by atoms with van der Waals surface area (Å²) in [5.74, 6) is -0.822. The van der Waals surface area contributed by atoms with Crippen molar-refractivity contribution >= 4 is 35.2 Å². The topological polar surface area (TPSA) is 117 Å². The van der Waals surface area contributed by atoms with Gasteiger partial charge in [0.15, 0.2) is 0 Å². The number of anilines is 1. The highest BCUT2D eigenvalue weighted by atomic mass is 35.5. The molecule has 2 N–H and O–H groups in total. The van der Waals surface area contributed by atoms with E-state index in [1.54, 1.807) is 51.9 Å². The lowest BCUT2D eigenvalue weighted by atomic mass is 10.1. The number of urea groups is 1. The van der Waals surface area contributed by atoms with Crippen molar-refractivity contribution in [2.45, 2.75) is 33.0 Å².